The largest absolute Gasteiger partial charge is 0.368 e. The number of thioether (sulfide) groups is 1. The highest BCUT2D eigenvalue weighted by Crippen LogP contribution is 2.24. The van der Waals surface area contributed by atoms with E-state index in [0.29, 0.717) is 48.1 Å². The second-order valence-electron chi connectivity index (χ2n) is 10.2. The average molecular weight is 631 g/mol. The van der Waals surface area contributed by atoms with Crippen molar-refractivity contribution < 1.29 is 26.4 Å². The number of rotatable bonds is 8. The molecule has 1 saturated heterocycles. The van der Waals surface area contributed by atoms with Crippen LogP contribution < -0.4 is 14.2 Å². The van der Waals surface area contributed by atoms with Crippen molar-refractivity contribution in [1.29, 1.82) is 0 Å². The van der Waals surface area contributed by atoms with Gasteiger partial charge in [0.1, 0.15) is 10.7 Å². The number of para-hydroxylation sites is 2. The Labute approximate surface area is 258 Å². The number of amides is 2. The Morgan fingerprint density at radius 3 is 2.23 bits per heavy atom. The van der Waals surface area contributed by atoms with E-state index in [1.165, 1.54) is 16.1 Å². The number of anilines is 2. The van der Waals surface area contributed by atoms with Crippen molar-refractivity contribution in [2.75, 3.05) is 42.1 Å². The van der Waals surface area contributed by atoms with E-state index in [-0.39, 0.29) is 28.0 Å². The van der Waals surface area contributed by atoms with Gasteiger partial charge in [0.05, 0.1) is 11.3 Å². The number of aromatic amines is 1. The zero-order chi connectivity index (χ0) is 30.7. The molecule has 2 heterocycles. The lowest BCUT2D eigenvalue weighted by atomic mass is 10.1. The van der Waals surface area contributed by atoms with Crippen LogP contribution in [0.15, 0.2) is 113 Å². The van der Waals surface area contributed by atoms with Crippen molar-refractivity contribution >= 4 is 56.0 Å². The molecule has 5 aromatic rings. The molecule has 1 fully saturated rings. The molecule has 1 aliphatic rings. The molecule has 0 unspecified atom stereocenters. The summed E-state index contributed by atoms with van der Waals surface area (Å²) in [5, 5.41) is 3.20. The van der Waals surface area contributed by atoms with Gasteiger partial charge in [-0.15, -0.1) is 3.97 Å². The molecule has 0 bridgehead atoms. The van der Waals surface area contributed by atoms with Crippen molar-refractivity contribution in [3.05, 3.63) is 115 Å². The van der Waals surface area contributed by atoms with E-state index < -0.39 is 15.8 Å². The first-order valence-electron chi connectivity index (χ1n) is 14.0. The van der Waals surface area contributed by atoms with Crippen molar-refractivity contribution in [1.82, 2.24) is 9.88 Å². The first-order chi connectivity index (χ1) is 21.3. The van der Waals surface area contributed by atoms with Crippen LogP contribution in [0.25, 0.3) is 11.0 Å². The lowest BCUT2D eigenvalue weighted by Gasteiger charge is -2.36. The van der Waals surface area contributed by atoms with Gasteiger partial charge < -0.3 is 15.1 Å². The average Bonchev–Trinajstić information content (AvgIpc) is 3.44. The minimum atomic E-state index is -3.91. The van der Waals surface area contributed by atoms with Crippen LogP contribution in [-0.2, 0) is 14.8 Å². The van der Waals surface area contributed by atoms with E-state index in [9.17, 15) is 22.4 Å². The molecule has 1 aliphatic heterocycles. The molecule has 0 saturated carbocycles. The van der Waals surface area contributed by atoms with Crippen LogP contribution in [0.3, 0.4) is 0 Å². The van der Waals surface area contributed by atoms with Crippen LogP contribution in [0, 0.1) is 5.82 Å². The second-order valence-corrected chi connectivity index (χ2v) is 12.9. The smallest absolute Gasteiger partial charge is 0.336 e. The maximum absolute atomic E-state index is 14.1. The van der Waals surface area contributed by atoms with Gasteiger partial charge in [0.25, 0.3) is 5.91 Å². The molecule has 6 rings (SSSR count). The summed E-state index contributed by atoms with van der Waals surface area (Å²) in [6.07, 6.45) is 0. The summed E-state index contributed by atoms with van der Waals surface area (Å²) in [6, 6.07) is 28.7. The quantitative estimate of drug-likeness (QED) is 0.193. The van der Waals surface area contributed by atoms with E-state index in [1.807, 2.05) is 18.2 Å². The SMILES string of the molecule is O=C(CSc1[nH]c2ccccc2[n+]1S(=O)(=O)c1ccccc1)Nc1ccc(N2CCN(C(=O)c3ccccc3F)CC2)cc1. The summed E-state index contributed by atoms with van der Waals surface area (Å²) in [4.78, 5) is 32.7. The molecule has 2 N–H and O–H groups in total. The molecule has 2 amide bonds. The van der Waals surface area contributed by atoms with Gasteiger partial charge in [0.2, 0.25) is 5.91 Å². The monoisotopic (exact) mass is 630 g/mol. The number of nitrogens with one attached hydrogen (secondary N) is 2. The van der Waals surface area contributed by atoms with Crippen LogP contribution in [0.5, 0.6) is 0 Å². The fourth-order valence-electron chi connectivity index (χ4n) is 5.12. The first-order valence-corrected chi connectivity index (χ1v) is 16.4. The molecule has 4 aromatic carbocycles. The number of imidazole rings is 1. The van der Waals surface area contributed by atoms with Gasteiger partial charge in [0, 0.05) is 37.6 Å². The van der Waals surface area contributed by atoms with Crippen molar-refractivity contribution in [2.24, 2.45) is 0 Å². The molecule has 1 aromatic heterocycles. The number of carbonyl (C=O) groups is 2. The number of hydrogen-bond donors (Lipinski definition) is 2. The first kappa shape index (κ1) is 29.4. The molecule has 0 aliphatic carbocycles. The summed E-state index contributed by atoms with van der Waals surface area (Å²) in [5.74, 6) is -1.13. The van der Waals surface area contributed by atoms with Crippen LogP contribution in [0.4, 0.5) is 15.8 Å². The third kappa shape index (κ3) is 6.03. The number of halogens is 1. The zero-order valence-electron chi connectivity index (χ0n) is 23.5. The molecule has 9 nitrogen and oxygen atoms in total. The summed E-state index contributed by atoms with van der Waals surface area (Å²) in [7, 11) is -3.91. The maximum atomic E-state index is 14.1. The number of fused-ring (bicyclic) bond motifs is 1. The van der Waals surface area contributed by atoms with E-state index in [1.54, 1.807) is 77.7 Å². The van der Waals surface area contributed by atoms with Crippen molar-refractivity contribution in [3.63, 3.8) is 0 Å². The van der Waals surface area contributed by atoms with Gasteiger partial charge in [0.15, 0.2) is 11.0 Å². The summed E-state index contributed by atoms with van der Waals surface area (Å²) in [6.45, 7) is 2.13. The molecule has 224 valence electrons. The molecule has 0 atom stereocenters. The third-order valence-electron chi connectivity index (χ3n) is 7.36. The van der Waals surface area contributed by atoms with Gasteiger partial charge in [-0.3, -0.25) is 9.59 Å². The molecule has 0 radical (unpaired) electrons. The van der Waals surface area contributed by atoms with Crippen molar-refractivity contribution in [2.45, 2.75) is 10.1 Å². The Kier molecular flexibility index (Phi) is 8.36. The molecular formula is C32H29FN5O4S2+. The zero-order valence-corrected chi connectivity index (χ0v) is 25.2. The number of nitrogens with zero attached hydrogens (tertiary/aromatic N) is 3. The number of H-pyrrole nitrogens is 1. The minimum Gasteiger partial charge on any atom is -0.368 e. The van der Waals surface area contributed by atoms with Crippen LogP contribution >= 0.6 is 11.8 Å². The molecule has 44 heavy (non-hydrogen) atoms. The van der Waals surface area contributed by atoms with E-state index >= 15 is 0 Å². The molecule has 0 spiro atoms. The highest BCUT2D eigenvalue weighted by atomic mass is 32.2. The molecular weight excluding hydrogens is 602 g/mol. The Morgan fingerprint density at radius 1 is 0.841 bits per heavy atom. The lowest BCUT2D eigenvalue weighted by Crippen LogP contribution is -2.49. The van der Waals surface area contributed by atoms with Gasteiger partial charge >= 0.3 is 15.2 Å². The second kappa shape index (κ2) is 12.5. The number of benzene rings is 4. The predicted molar refractivity (Wildman–Crippen MR) is 168 cm³/mol. The standard InChI is InChI=1S/C32H28FN5O4S2/c33-27-11-5-4-10-26(27)31(40)37-20-18-36(19-21-37)24-16-14-23(15-17-24)34-30(39)22-43-32-35-28-12-6-7-13-29(28)38(32)44(41,42)25-8-2-1-3-9-25/h1-17H,18-22H2,(H,34,39)/p+1. The van der Waals surface area contributed by atoms with Crippen LogP contribution in [-0.4, -0.2) is 62.0 Å². The van der Waals surface area contributed by atoms with Gasteiger partial charge in [-0.05, 0) is 72.4 Å². The predicted octanol–water partition coefficient (Wildman–Crippen LogP) is 4.52. The highest BCUT2D eigenvalue weighted by Gasteiger charge is 2.32. The van der Waals surface area contributed by atoms with E-state index in [4.69, 9.17) is 0 Å². The topological polar surface area (TPSA) is 106 Å². The van der Waals surface area contributed by atoms with E-state index in [0.717, 1.165) is 17.4 Å². The number of piperazine rings is 1. The van der Waals surface area contributed by atoms with Gasteiger partial charge in [-0.25, -0.2) is 9.37 Å². The summed E-state index contributed by atoms with van der Waals surface area (Å²) < 4.78 is 42.4. The number of hydrogen-bond acceptors (Lipinski definition) is 6. The third-order valence-corrected chi connectivity index (χ3v) is 10.2. The van der Waals surface area contributed by atoms with Crippen molar-refractivity contribution in [3.8, 4) is 0 Å². The summed E-state index contributed by atoms with van der Waals surface area (Å²) in [5.41, 5.74) is 2.77. The fourth-order valence-corrected chi connectivity index (χ4v) is 7.71. The fraction of sp³-hybridized carbons (Fsp3) is 0.156. The maximum Gasteiger partial charge on any atom is 0.336 e. The minimum absolute atomic E-state index is 0.0170. The van der Waals surface area contributed by atoms with E-state index in [2.05, 4.69) is 15.2 Å². The number of aromatic nitrogens is 2. The Morgan fingerprint density at radius 2 is 1.50 bits per heavy atom. The van der Waals surface area contributed by atoms with Gasteiger partial charge in [-0.1, -0.05) is 42.5 Å². The Hall–Kier alpha value is -4.68. The Bertz CT molecular complexity index is 1920. The Balaban J connectivity index is 1.08. The van der Waals surface area contributed by atoms with Gasteiger partial charge in [-0.2, -0.15) is 8.42 Å². The van der Waals surface area contributed by atoms with Crippen LogP contribution in [0.2, 0.25) is 0 Å². The summed E-state index contributed by atoms with van der Waals surface area (Å²) >= 11 is 1.10. The highest BCUT2D eigenvalue weighted by molar-refractivity contribution is 8.00. The number of carbonyl (C=O) groups excluding carboxylic acids is 2. The normalized spacial score (nSPS) is 13.7. The molecule has 12 heteroatoms. The lowest BCUT2D eigenvalue weighted by molar-refractivity contribution is -0.526. The van der Waals surface area contributed by atoms with Crippen LogP contribution in [0.1, 0.15) is 10.4 Å².